The Balaban J connectivity index is 2.52. The Morgan fingerprint density at radius 1 is 1.27 bits per heavy atom. The molecule has 11 heavy (non-hydrogen) atoms. The van der Waals surface area contributed by atoms with Crippen LogP contribution in [0.1, 0.15) is 13.8 Å². The second-order valence-corrected chi connectivity index (χ2v) is 4.34. The molecule has 1 rings (SSSR count). The van der Waals surface area contributed by atoms with E-state index >= 15 is 0 Å². The van der Waals surface area contributed by atoms with Crippen molar-refractivity contribution in [1.82, 2.24) is 4.90 Å². The third-order valence-corrected chi connectivity index (χ3v) is 2.76. The lowest BCUT2D eigenvalue weighted by atomic mass is 10.3. The van der Waals surface area contributed by atoms with Gasteiger partial charge in [0.25, 0.3) is 0 Å². The molecule has 0 amide bonds. The molecule has 0 aromatic heterocycles. The molecule has 0 bridgehead atoms. The summed E-state index contributed by atoms with van der Waals surface area (Å²) in [4.78, 5) is 2.38. The van der Waals surface area contributed by atoms with Crippen LogP contribution in [0.5, 0.6) is 0 Å². The number of nitrogens with zero attached hydrogens (tertiary/aromatic N) is 1. The molecule has 64 valence electrons. The van der Waals surface area contributed by atoms with E-state index < -0.39 is 0 Å². The minimum absolute atomic E-state index is 0.876. The molecule has 0 radical (unpaired) electrons. The van der Waals surface area contributed by atoms with Crippen molar-refractivity contribution in [3.8, 4) is 0 Å². The first-order valence-electron chi connectivity index (χ1n) is 3.87. The van der Waals surface area contributed by atoms with Crippen molar-refractivity contribution in [1.29, 1.82) is 0 Å². The number of hydrogen-bond donors (Lipinski definition) is 0. The van der Waals surface area contributed by atoms with E-state index in [1.165, 1.54) is 9.28 Å². The summed E-state index contributed by atoms with van der Waals surface area (Å²) in [6.45, 7) is 8.17. The lowest BCUT2D eigenvalue weighted by Crippen LogP contribution is -2.35. The molecule has 0 saturated carbocycles. The predicted molar refractivity (Wildman–Crippen MR) is 54.8 cm³/mol. The number of rotatable bonds is 1. The van der Waals surface area contributed by atoms with Crippen molar-refractivity contribution in [3.63, 3.8) is 0 Å². The highest BCUT2D eigenvalue weighted by Crippen LogP contribution is 2.16. The van der Waals surface area contributed by atoms with Gasteiger partial charge in [0, 0.05) is 22.4 Å². The van der Waals surface area contributed by atoms with Gasteiger partial charge in [-0.25, -0.2) is 0 Å². The van der Waals surface area contributed by atoms with Crippen molar-refractivity contribution in [2.45, 2.75) is 13.8 Å². The van der Waals surface area contributed by atoms with Crippen molar-refractivity contribution in [3.05, 3.63) is 9.28 Å². The standard InChI is InChI=1S/C8H14INO/c1-7(9)8(2)10-3-5-11-6-4-10/h3-6H2,1-2H3/b8-7-. The van der Waals surface area contributed by atoms with Crippen LogP contribution in [0.15, 0.2) is 9.28 Å². The summed E-state index contributed by atoms with van der Waals surface area (Å²) in [7, 11) is 0. The van der Waals surface area contributed by atoms with Gasteiger partial charge < -0.3 is 9.64 Å². The largest absolute Gasteiger partial charge is 0.378 e. The maximum absolute atomic E-state index is 5.26. The monoisotopic (exact) mass is 267 g/mol. The van der Waals surface area contributed by atoms with E-state index in [4.69, 9.17) is 4.74 Å². The number of hydrogen-bond acceptors (Lipinski definition) is 2. The maximum Gasteiger partial charge on any atom is 0.0642 e. The third-order valence-electron chi connectivity index (χ3n) is 1.98. The van der Waals surface area contributed by atoms with Crippen molar-refractivity contribution in [2.24, 2.45) is 0 Å². The molecular weight excluding hydrogens is 253 g/mol. The summed E-state index contributed by atoms with van der Waals surface area (Å²) >= 11 is 2.37. The summed E-state index contributed by atoms with van der Waals surface area (Å²) in [5.41, 5.74) is 1.40. The molecule has 1 aliphatic heterocycles. The normalized spacial score (nSPS) is 21.5. The Morgan fingerprint density at radius 3 is 2.27 bits per heavy atom. The smallest absolute Gasteiger partial charge is 0.0642 e. The van der Waals surface area contributed by atoms with E-state index in [-0.39, 0.29) is 0 Å². The van der Waals surface area contributed by atoms with E-state index in [9.17, 15) is 0 Å². The molecule has 0 spiro atoms. The van der Waals surface area contributed by atoms with E-state index in [1.54, 1.807) is 0 Å². The molecule has 1 aliphatic rings. The lowest BCUT2D eigenvalue weighted by Gasteiger charge is -2.29. The summed E-state index contributed by atoms with van der Waals surface area (Å²) < 4.78 is 6.64. The zero-order valence-corrected chi connectivity index (χ0v) is 9.22. The highest BCUT2D eigenvalue weighted by Gasteiger charge is 2.10. The van der Waals surface area contributed by atoms with Gasteiger partial charge in [0.05, 0.1) is 13.2 Å². The van der Waals surface area contributed by atoms with Crippen molar-refractivity contribution < 1.29 is 4.74 Å². The van der Waals surface area contributed by atoms with Gasteiger partial charge in [-0.05, 0) is 36.4 Å². The molecule has 0 aromatic carbocycles. The first-order valence-corrected chi connectivity index (χ1v) is 4.95. The van der Waals surface area contributed by atoms with Crippen LogP contribution < -0.4 is 0 Å². The molecule has 0 N–H and O–H groups in total. The van der Waals surface area contributed by atoms with Gasteiger partial charge >= 0.3 is 0 Å². The molecule has 1 saturated heterocycles. The van der Waals surface area contributed by atoms with Gasteiger partial charge in [0.1, 0.15) is 0 Å². The summed E-state index contributed by atoms with van der Waals surface area (Å²) in [5.74, 6) is 0. The molecule has 1 fully saturated rings. The van der Waals surface area contributed by atoms with Gasteiger partial charge in [-0.1, -0.05) is 0 Å². The number of ether oxygens (including phenoxy) is 1. The zero-order chi connectivity index (χ0) is 8.27. The number of halogens is 1. The van der Waals surface area contributed by atoms with Crippen molar-refractivity contribution in [2.75, 3.05) is 26.3 Å². The van der Waals surface area contributed by atoms with Gasteiger partial charge in [-0.15, -0.1) is 0 Å². The van der Waals surface area contributed by atoms with E-state index in [0.29, 0.717) is 0 Å². The van der Waals surface area contributed by atoms with Crippen LogP contribution in [0.2, 0.25) is 0 Å². The quantitative estimate of drug-likeness (QED) is 0.674. The van der Waals surface area contributed by atoms with Crippen LogP contribution in [-0.4, -0.2) is 31.2 Å². The Hall–Kier alpha value is 0.230. The fourth-order valence-electron chi connectivity index (χ4n) is 1.12. The molecule has 0 atom stereocenters. The second-order valence-electron chi connectivity index (χ2n) is 2.72. The van der Waals surface area contributed by atoms with Gasteiger partial charge in [0.2, 0.25) is 0 Å². The Bertz CT molecular complexity index is 157. The molecule has 0 aliphatic carbocycles. The van der Waals surface area contributed by atoms with Crippen LogP contribution >= 0.6 is 22.6 Å². The highest BCUT2D eigenvalue weighted by molar-refractivity contribution is 14.1. The van der Waals surface area contributed by atoms with Crippen molar-refractivity contribution >= 4 is 22.6 Å². The minimum atomic E-state index is 0.876. The zero-order valence-electron chi connectivity index (χ0n) is 7.06. The third kappa shape index (κ3) is 2.63. The molecule has 0 unspecified atom stereocenters. The summed E-state index contributed by atoms with van der Waals surface area (Å²) in [5, 5.41) is 0. The molecule has 0 aromatic rings. The van der Waals surface area contributed by atoms with Crippen LogP contribution in [0.25, 0.3) is 0 Å². The Labute approximate surface area is 81.7 Å². The predicted octanol–water partition coefficient (Wildman–Crippen LogP) is 2.00. The van der Waals surface area contributed by atoms with Gasteiger partial charge in [-0.3, -0.25) is 0 Å². The highest BCUT2D eigenvalue weighted by atomic mass is 127. The maximum atomic E-state index is 5.26. The van der Waals surface area contributed by atoms with E-state index in [0.717, 1.165) is 26.3 Å². The second kappa shape index (κ2) is 4.30. The first kappa shape index (κ1) is 9.32. The topological polar surface area (TPSA) is 12.5 Å². The average molecular weight is 267 g/mol. The number of morpholine rings is 1. The van der Waals surface area contributed by atoms with E-state index in [1.807, 2.05) is 0 Å². The summed E-state index contributed by atoms with van der Waals surface area (Å²) in [6.07, 6.45) is 0. The SMILES string of the molecule is C/C(I)=C(\C)N1CCOCC1. The fourth-order valence-corrected chi connectivity index (χ4v) is 1.46. The molecule has 2 nitrogen and oxygen atoms in total. The molecular formula is C8H14INO. The Kier molecular flexibility index (Phi) is 3.65. The summed E-state index contributed by atoms with van der Waals surface area (Å²) in [6, 6.07) is 0. The molecule has 3 heteroatoms. The lowest BCUT2D eigenvalue weighted by molar-refractivity contribution is 0.0536. The van der Waals surface area contributed by atoms with Crippen LogP contribution in [0.3, 0.4) is 0 Å². The minimum Gasteiger partial charge on any atom is -0.378 e. The van der Waals surface area contributed by atoms with Crippen LogP contribution in [-0.2, 0) is 4.74 Å². The van der Waals surface area contributed by atoms with Gasteiger partial charge in [0.15, 0.2) is 0 Å². The van der Waals surface area contributed by atoms with Gasteiger partial charge in [-0.2, -0.15) is 0 Å². The Morgan fingerprint density at radius 2 is 1.82 bits per heavy atom. The first-order chi connectivity index (χ1) is 5.22. The average Bonchev–Trinajstić information content (AvgIpc) is 2.05. The van der Waals surface area contributed by atoms with Crippen LogP contribution in [0, 0.1) is 0 Å². The fraction of sp³-hybridized carbons (Fsp3) is 0.750. The number of allylic oxidation sites excluding steroid dienone is 2. The molecule has 1 heterocycles. The van der Waals surface area contributed by atoms with E-state index in [2.05, 4.69) is 41.3 Å². The van der Waals surface area contributed by atoms with Crippen LogP contribution in [0.4, 0.5) is 0 Å².